The standard InChI is InChI=1S/C19H22N2OS/c1-13-5-7-17-15(11-13)19(23-10-4-3-9-20)16-12-14(22-2)6-8-18(16)21-17/h5-8,11-12H,3-4,9-10,20H2,1-2H3. The van der Waals surface area contributed by atoms with Gasteiger partial charge in [0.25, 0.3) is 0 Å². The first-order chi connectivity index (χ1) is 11.2. The van der Waals surface area contributed by atoms with Gasteiger partial charge in [0.05, 0.1) is 18.1 Å². The van der Waals surface area contributed by atoms with Crippen LogP contribution in [0, 0.1) is 6.92 Å². The zero-order chi connectivity index (χ0) is 16.2. The highest BCUT2D eigenvalue weighted by Crippen LogP contribution is 2.36. The first kappa shape index (κ1) is 16.1. The smallest absolute Gasteiger partial charge is 0.119 e. The third kappa shape index (κ3) is 3.43. The summed E-state index contributed by atoms with van der Waals surface area (Å²) in [5, 5.41) is 2.39. The molecule has 0 aliphatic heterocycles. The van der Waals surface area contributed by atoms with Crippen molar-refractivity contribution in [3.63, 3.8) is 0 Å². The molecule has 120 valence electrons. The average Bonchev–Trinajstić information content (AvgIpc) is 2.57. The van der Waals surface area contributed by atoms with Crippen molar-refractivity contribution in [2.45, 2.75) is 24.7 Å². The van der Waals surface area contributed by atoms with Gasteiger partial charge in [0.2, 0.25) is 0 Å². The number of nitrogens with two attached hydrogens (primary N) is 1. The molecule has 0 saturated heterocycles. The number of pyridine rings is 1. The maximum atomic E-state index is 5.61. The molecule has 0 fully saturated rings. The maximum Gasteiger partial charge on any atom is 0.119 e. The van der Waals surface area contributed by atoms with Gasteiger partial charge < -0.3 is 10.5 Å². The van der Waals surface area contributed by atoms with Crippen LogP contribution in [0.2, 0.25) is 0 Å². The predicted molar refractivity (Wildman–Crippen MR) is 99.6 cm³/mol. The van der Waals surface area contributed by atoms with E-state index in [4.69, 9.17) is 15.5 Å². The predicted octanol–water partition coefficient (Wildman–Crippen LogP) is 4.54. The van der Waals surface area contributed by atoms with Gasteiger partial charge >= 0.3 is 0 Å². The normalized spacial score (nSPS) is 11.3. The van der Waals surface area contributed by atoms with Gasteiger partial charge in [-0.15, -0.1) is 11.8 Å². The Bertz CT molecular complexity index is 832. The largest absolute Gasteiger partial charge is 0.497 e. The third-order valence-corrected chi connectivity index (χ3v) is 5.15. The molecule has 0 aliphatic rings. The number of benzene rings is 2. The average molecular weight is 326 g/mol. The van der Waals surface area contributed by atoms with E-state index in [1.54, 1.807) is 7.11 Å². The Morgan fingerprint density at radius 2 is 1.78 bits per heavy atom. The first-order valence-electron chi connectivity index (χ1n) is 7.94. The van der Waals surface area contributed by atoms with E-state index < -0.39 is 0 Å². The summed E-state index contributed by atoms with van der Waals surface area (Å²) < 4.78 is 5.40. The summed E-state index contributed by atoms with van der Waals surface area (Å²) >= 11 is 1.90. The second-order valence-corrected chi connectivity index (χ2v) is 6.79. The number of aryl methyl sites for hydroxylation is 1. The van der Waals surface area contributed by atoms with Crippen LogP contribution in [0.3, 0.4) is 0 Å². The molecular formula is C19H22N2OS. The van der Waals surface area contributed by atoms with Gasteiger partial charge in [0.15, 0.2) is 0 Å². The molecule has 0 unspecified atom stereocenters. The van der Waals surface area contributed by atoms with Crippen molar-refractivity contribution in [2.24, 2.45) is 5.73 Å². The third-order valence-electron chi connectivity index (χ3n) is 3.93. The van der Waals surface area contributed by atoms with Crippen LogP contribution in [0.5, 0.6) is 5.75 Å². The number of fused-ring (bicyclic) bond motifs is 2. The second-order valence-electron chi connectivity index (χ2n) is 5.69. The molecule has 2 N–H and O–H groups in total. The van der Waals surface area contributed by atoms with E-state index in [0.717, 1.165) is 41.9 Å². The van der Waals surface area contributed by atoms with E-state index in [1.807, 2.05) is 23.9 Å². The number of hydrogen-bond acceptors (Lipinski definition) is 4. The van der Waals surface area contributed by atoms with Crippen molar-refractivity contribution in [3.8, 4) is 5.75 Å². The van der Waals surface area contributed by atoms with E-state index in [0.29, 0.717) is 0 Å². The fourth-order valence-corrected chi connectivity index (χ4v) is 3.89. The summed E-state index contributed by atoms with van der Waals surface area (Å²) in [6.45, 7) is 2.88. The van der Waals surface area contributed by atoms with E-state index >= 15 is 0 Å². The molecule has 3 nitrogen and oxygen atoms in total. The molecule has 0 radical (unpaired) electrons. The van der Waals surface area contributed by atoms with E-state index in [-0.39, 0.29) is 0 Å². The molecule has 0 aliphatic carbocycles. The summed E-state index contributed by atoms with van der Waals surface area (Å²) in [5.74, 6) is 1.94. The van der Waals surface area contributed by atoms with Crippen LogP contribution in [0.1, 0.15) is 18.4 Å². The van der Waals surface area contributed by atoms with Gasteiger partial charge in [-0.2, -0.15) is 0 Å². The molecule has 4 heteroatoms. The molecule has 0 saturated carbocycles. The van der Waals surface area contributed by atoms with Crippen molar-refractivity contribution >= 4 is 33.6 Å². The molecule has 3 aromatic rings. The Morgan fingerprint density at radius 3 is 2.52 bits per heavy atom. The lowest BCUT2D eigenvalue weighted by Gasteiger charge is -2.12. The number of thioether (sulfide) groups is 1. The van der Waals surface area contributed by atoms with E-state index in [1.165, 1.54) is 21.2 Å². The topological polar surface area (TPSA) is 48.1 Å². The van der Waals surface area contributed by atoms with Gasteiger partial charge in [-0.05, 0) is 62.4 Å². The number of hydrogen-bond donors (Lipinski definition) is 1. The molecule has 2 aromatic carbocycles. The van der Waals surface area contributed by atoms with Crippen molar-refractivity contribution < 1.29 is 4.74 Å². The number of nitrogens with zero attached hydrogens (tertiary/aromatic N) is 1. The van der Waals surface area contributed by atoms with Crippen molar-refractivity contribution in [2.75, 3.05) is 19.4 Å². The van der Waals surface area contributed by atoms with Crippen LogP contribution in [0.4, 0.5) is 0 Å². The SMILES string of the molecule is COc1ccc2nc3ccc(C)cc3c(SCCCCN)c2c1. The van der Waals surface area contributed by atoms with Crippen LogP contribution in [-0.2, 0) is 0 Å². The minimum Gasteiger partial charge on any atom is -0.497 e. The van der Waals surface area contributed by atoms with Crippen LogP contribution < -0.4 is 10.5 Å². The lowest BCUT2D eigenvalue weighted by Crippen LogP contribution is -1.98. The highest BCUT2D eigenvalue weighted by Gasteiger charge is 2.11. The summed E-state index contributed by atoms with van der Waals surface area (Å²) in [4.78, 5) is 6.11. The highest BCUT2D eigenvalue weighted by atomic mass is 32.2. The number of ether oxygens (including phenoxy) is 1. The minimum atomic E-state index is 0.755. The summed E-state index contributed by atoms with van der Waals surface area (Å²) in [6, 6.07) is 12.6. The van der Waals surface area contributed by atoms with Gasteiger partial charge in [-0.25, -0.2) is 4.98 Å². The van der Waals surface area contributed by atoms with Crippen LogP contribution in [0.25, 0.3) is 21.8 Å². The highest BCUT2D eigenvalue weighted by molar-refractivity contribution is 7.99. The van der Waals surface area contributed by atoms with Crippen molar-refractivity contribution in [3.05, 3.63) is 42.0 Å². The Kier molecular flexibility index (Phi) is 5.03. The quantitative estimate of drug-likeness (QED) is 0.410. The summed E-state index contributed by atoms with van der Waals surface area (Å²) in [5.41, 5.74) is 8.93. The lowest BCUT2D eigenvalue weighted by molar-refractivity contribution is 0.415. The van der Waals surface area contributed by atoms with E-state index in [2.05, 4.69) is 31.2 Å². The number of aromatic nitrogens is 1. The fraction of sp³-hybridized carbons (Fsp3) is 0.316. The van der Waals surface area contributed by atoms with Crippen LogP contribution in [-0.4, -0.2) is 24.4 Å². The zero-order valence-corrected chi connectivity index (χ0v) is 14.5. The van der Waals surface area contributed by atoms with Gasteiger partial charge in [0.1, 0.15) is 5.75 Å². The molecule has 0 bridgehead atoms. The molecule has 23 heavy (non-hydrogen) atoms. The molecular weight excluding hydrogens is 304 g/mol. The molecule has 0 amide bonds. The van der Waals surface area contributed by atoms with Gasteiger partial charge in [0, 0.05) is 15.7 Å². The summed E-state index contributed by atoms with van der Waals surface area (Å²) in [6.07, 6.45) is 2.19. The lowest BCUT2D eigenvalue weighted by atomic mass is 10.1. The van der Waals surface area contributed by atoms with E-state index in [9.17, 15) is 0 Å². The minimum absolute atomic E-state index is 0.755. The Labute approximate surface area is 141 Å². The second kappa shape index (κ2) is 7.20. The first-order valence-corrected chi connectivity index (χ1v) is 8.92. The fourth-order valence-electron chi connectivity index (χ4n) is 2.70. The number of rotatable bonds is 6. The number of unbranched alkanes of at least 4 members (excludes halogenated alkanes) is 1. The Hall–Kier alpha value is -1.78. The molecule has 0 atom stereocenters. The van der Waals surface area contributed by atoms with Gasteiger partial charge in [-0.3, -0.25) is 0 Å². The Morgan fingerprint density at radius 1 is 1.04 bits per heavy atom. The zero-order valence-electron chi connectivity index (χ0n) is 13.6. The van der Waals surface area contributed by atoms with Crippen molar-refractivity contribution in [1.29, 1.82) is 0 Å². The van der Waals surface area contributed by atoms with Crippen LogP contribution in [0.15, 0.2) is 41.3 Å². The summed E-state index contributed by atoms with van der Waals surface area (Å²) in [7, 11) is 1.70. The Balaban J connectivity index is 2.15. The number of methoxy groups -OCH3 is 1. The molecule has 1 heterocycles. The molecule has 3 rings (SSSR count). The molecule has 1 aromatic heterocycles. The van der Waals surface area contributed by atoms with Crippen LogP contribution >= 0.6 is 11.8 Å². The molecule has 0 spiro atoms. The monoisotopic (exact) mass is 326 g/mol. The maximum absolute atomic E-state index is 5.61. The van der Waals surface area contributed by atoms with Crippen molar-refractivity contribution in [1.82, 2.24) is 4.98 Å². The van der Waals surface area contributed by atoms with Gasteiger partial charge in [-0.1, -0.05) is 11.6 Å².